The van der Waals surface area contributed by atoms with Gasteiger partial charge in [-0.05, 0) is 28.0 Å². The number of morpholine rings is 1. The van der Waals surface area contributed by atoms with Gasteiger partial charge < -0.3 is 9.64 Å². The number of carbonyl (C=O) groups is 1. The van der Waals surface area contributed by atoms with Gasteiger partial charge in [-0.25, -0.2) is 0 Å². The van der Waals surface area contributed by atoms with E-state index in [1.807, 2.05) is 22.4 Å². The highest BCUT2D eigenvalue weighted by Crippen LogP contribution is 2.29. The smallest absolute Gasteiger partial charge is 0.227 e. The van der Waals surface area contributed by atoms with Crippen LogP contribution in [0.1, 0.15) is 17.2 Å². The minimum atomic E-state index is 0.231. The number of fused-ring (bicyclic) bond motifs is 1. The van der Waals surface area contributed by atoms with Gasteiger partial charge in [0, 0.05) is 19.6 Å². The quantitative estimate of drug-likeness (QED) is 0.859. The molecule has 0 spiro atoms. The molecule has 1 aromatic carbocycles. The van der Waals surface area contributed by atoms with Crippen LogP contribution in [0.2, 0.25) is 0 Å². The molecule has 0 aliphatic carbocycles. The van der Waals surface area contributed by atoms with E-state index in [1.165, 1.54) is 5.56 Å². The second kappa shape index (κ2) is 7.05. The molecule has 1 aromatic heterocycles. The summed E-state index contributed by atoms with van der Waals surface area (Å²) in [6.45, 7) is 3.95. The topological polar surface area (TPSA) is 32.8 Å². The molecule has 0 unspecified atom stereocenters. The maximum absolute atomic E-state index is 12.6. The Bertz CT molecular complexity index is 674. The van der Waals surface area contributed by atoms with Crippen LogP contribution in [0.25, 0.3) is 0 Å². The standard InChI is InChI=1S/C19H22N2O2S/c22-19(10-15-6-9-24-14-15)20-7-8-21-17(11-20)12-23-13-18(21)16-4-2-1-3-5-16/h1-6,9,14,17-18H,7-8,10-13H2/t17-,18-/m1/s1. The van der Waals surface area contributed by atoms with Gasteiger partial charge in [-0.15, -0.1) is 0 Å². The number of piperazine rings is 1. The highest BCUT2D eigenvalue weighted by Gasteiger charge is 2.37. The normalized spacial score (nSPS) is 24.6. The van der Waals surface area contributed by atoms with E-state index in [1.54, 1.807) is 11.3 Å². The van der Waals surface area contributed by atoms with Crippen molar-refractivity contribution in [3.8, 4) is 0 Å². The van der Waals surface area contributed by atoms with E-state index in [-0.39, 0.29) is 5.91 Å². The van der Waals surface area contributed by atoms with E-state index in [9.17, 15) is 4.79 Å². The molecule has 4 rings (SSSR count). The molecule has 0 N–H and O–H groups in total. The van der Waals surface area contributed by atoms with Gasteiger partial charge in [0.05, 0.1) is 31.7 Å². The number of nitrogens with zero attached hydrogens (tertiary/aromatic N) is 2. The van der Waals surface area contributed by atoms with E-state index < -0.39 is 0 Å². The molecule has 1 amide bonds. The minimum absolute atomic E-state index is 0.231. The summed E-state index contributed by atoms with van der Waals surface area (Å²) in [5, 5.41) is 4.09. The molecule has 2 aliphatic heterocycles. The maximum Gasteiger partial charge on any atom is 0.227 e. The van der Waals surface area contributed by atoms with Crippen molar-refractivity contribution in [3.63, 3.8) is 0 Å². The number of hydrogen-bond acceptors (Lipinski definition) is 4. The Hall–Kier alpha value is -1.69. The van der Waals surface area contributed by atoms with Crippen molar-refractivity contribution in [2.75, 3.05) is 32.8 Å². The van der Waals surface area contributed by atoms with Crippen molar-refractivity contribution in [1.82, 2.24) is 9.80 Å². The first kappa shape index (κ1) is 15.8. The summed E-state index contributed by atoms with van der Waals surface area (Å²) >= 11 is 1.65. The molecule has 3 heterocycles. The van der Waals surface area contributed by atoms with Crippen molar-refractivity contribution in [2.45, 2.75) is 18.5 Å². The summed E-state index contributed by atoms with van der Waals surface area (Å²) in [7, 11) is 0. The summed E-state index contributed by atoms with van der Waals surface area (Å²) in [4.78, 5) is 17.1. The first-order valence-corrected chi connectivity index (χ1v) is 9.43. The number of amides is 1. The first-order chi connectivity index (χ1) is 11.8. The Labute approximate surface area is 146 Å². The third-order valence-corrected chi connectivity index (χ3v) is 5.72. The fraction of sp³-hybridized carbons (Fsp3) is 0.421. The summed E-state index contributed by atoms with van der Waals surface area (Å²) in [5.74, 6) is 0.231. The van der Waals surface area contributed by atoms with Gasteiger partial charge in [0.2, 0.25) is 5.91 Å². The number of carbonyl (C=O) groups excluding carboxylic acids is 1. The molecule has 4 nitrogen and oxygen atoms in total. The zero-order valence-corrected chi connectivity index (χ0v) is 14.5. The largest absolute Gasteiger partial charge is 0.378 e. The number of hydrogen-bond donors (Lipinski definition) is 0. The molecular formula is C19H22N2O2S. The van der Waals surface area contributed by atoms with Crippen molar-refractivity contribution in [1.29, 1.82) is 0 Å². The van der Waals surface area contributed by atoms with Crippen LogP contribution < -0.4 is 0 Å². The Kier molecular flexibility index (Phi) is 4.65. The molecular weight excluding hydrogens is 320 g/mol. The number of ether oxygens (including phenoxy) is 1. The second-order valence-corrected chi connectivity index (χ2v) is 7.28. The minimum Gasteiger partial charge on any atom is -0.378 e. The van der Waals surface area contributed by atoms with Gasteiger partial charge in [-0.3, -0.25) is 9.69 Å². The van der Waals surface area contributed by atoms with Crippen LogP contribution in [0.4, 0.5) is 0 Å². The number of rotatable bonds is 3. The predicted molar refractivity (Wildman–Crippen MR) is 95.1 cm³/mol. The Balaban J connectivity index is 1.43. The summed E-state index contributed by atoms with van der Waals surface area (Å²) in [6.07, 6.45) is 0.513. The highest BCUT2D eigenvalue weighted by atomic mass is 32.1. The molecule has 0 radical (unpaired) electrons. The molecule has 2 aliphatic rings. The van der Waals surface area contributed by atoms with E-state index in [0.29, 0.717) is 25.1 Å². The van der Waals surface area contributed by atoms with Gasteiger partial charge >= 0.3 is 0 Å². The third-order valence-electron chi connectivity index (χ3n) is 4.99. The Morgan fingerprint density at radius 3 is 2.83 bits per heavy atom. The van der Waals surface area contributed by atoms with Crippen LogP contribution in [0.3, 0.4) is 0 Å². The summed E-state index contributed by atoms with van der Waals surface area (Å²) in [6, 6.07) is 13.2. The van der Waals surface area contributed by atoms with Crippen LogP contribution >= 0.6 is 11.3 Å². The Morgan fingerprint density at radius 2 is 2.04 bits per heavy atom. The summed E-state index contributed by atoms with van der Waals surface area (Å²) in [5.41, 5.74) is 2.43. The molecule has 2 atom stereocenters. The van der Waals surface area contributed by atoms with E-state index in [0.717, 1.165) is 31.8 Å². The van der Waals surface area contributed by atoms with Crippen LogP contribution in [0.5, 0.6) is 0 Å². The molecule has 24 heavy (non-hydrogen) atoms. The lowest BCUT2D eigenvalue weighted by Gasteiger charge is -2.48. The lowest BCUT2D eigenvalue weighted by molar-refractivity contribution is -0.139. The molecule has 0 saturated carbocycles. The molecule has 0 bridgehead atoms. The molecule has 2 saturated heterocycles. The molecule has 2 aromatic rings. The van der Waals surface area contributed by atoms with Crippen LogP contribution in [0.15, 0.2) is 47.2 Å². The fourth-order valence-corrected chi connectivity index (χ4v) is 4.38. The monoisotopic (exact) mass is 342 g/mol. The molecule has 2 fully saturated rings. The SMILES string of the molecule is O=C(Cc1ccsc1)N1CCN2[C@@H](COC[C@@H]2c2ccccc2)C1. The zero-order chi connectivity index (χ0) is 16.4. The highest BCUT2D eigenvalue weighted by molar-refractivity contribution is 7.08. The Morgan fingerprint density at radius 1 is 1.17 bits per heavy atom. The number of benzene rings is 1. The average molecular weight is 342 g/mol. The van der Waals surface area contributed by atoms with Crippen molar-refractivity contribution in [2.24, 2.45) is 0 Å². The van der Waals surface area contributed by atoms with Gasteiger partial charge in [0.25, 0.3) is 0 Å². The van der Waals surface area contributed by atoms with E-state index in [4.69, 9.17) is 4.74 Å². The van der Waals surface area contributed by atoms with Crippen LogP contribution in [-0.4, -0.2) is 54.6 Å². The van der Waals surface area contributed by atoms with Gasteiger partial charge in [-0.2, -0.15) is 11.3 Å². The van der Waals surface area contributed by atoms with Crippen LogP contribution in [-0.2, 0) is 16.0 Å². The van der Waals surface area contributed by atoms with Gasteiger partial charge in [0.1, 0.15) is 0 Å². The molecule has 126 valence electrons. The number of thiophene rings is 1. The van der Waals surface area contributed by atoms with Gasteiger partial charge in [-0.1, -0.05) is 30.3 Å². The predicted octanol–water partition coefficient (Wildman–Crippen LogP) is 2.57. The van der Waals surface area contributed by atoms with E-state index in [2.05, 4.69) is 34.5 Å². The maximum atomic E-state index is 12.6. The van der Waals surface area contributed by atoms with Gasteiger partial charge in [0.15, 0.2) is 0 Å². The lowest BCUT2D eigenvalue weighted by Crippen LogP contribution is -2.60. The lowest BCUT2D eigenvalue weighted by atomic mass is 10.00. The average Bonchev–Trinajstić information content (AvgIpc) is 3.14. The zero-order valence-electron chi connectivity index (χ0n) is 13.6. The van der Waals surface area contributed by atoms with Crippen molar-refractivity contribution >= 4 is 17.2 Å². The van der Waals surface area contributed by atoms with Crippen LogP contribution in [0, 0.1) is 0 Å². The van der Waals surface area contributed by atoms with E-state index >= 15 is 0 Å². The second-order valence-electron chi connectivity index (χ2n) is 6.50. The molecule has 5 heteroatoms. The van der Waals surface area contributed by atoms with Crippen molar-refractivity contribution < 1.29 is 9.53 Å². The van der Waals surface area contributed by atoms with Crippen molar-refractivity contribution in [3.05, 3.63) is 58.3 Å². The fourth-order valence-electron chi connectivity index (χ4n) is 3.71. The first-order valence-electron chi connectivity index (χ1n) is 8.48. The summed E-state index contributed by atoms with van der Waals surface area (Å²) < 4.78 is 5.86. The third kappa shape index (κ3) is 3.24.